The molecule has 2 aromatic rings. The molecule has 1 aromatic carbocycles. The first-order chi connectivity index (χ1) is 8.59. The number of aromatic amines is 1. The summed E-state index contributed by atoms with van der Waals surface area (Å²) < 4.78 is 25.9. The molecule has 7 heteroatoms. The van der Waals surface area contributed by atoms with Gasteiger partial charge in [0.05, 0.1) is 17.4 Å². The lowest BCUT2D eigenvalue weighted by Crippen LogP contribution is -2.15. The molecule has 0 saturated heterocycles. The lowest BCUT2D eigenvalue weighted by atomic mass is 10.2. The molecule has 0 amide bonds. The Hall–Kier alpha value is -2.33. The smallest absolute Gasteiger partial charge is 0.239 e. The van der Waals surface area contributed by atoms with Crippen LogP contribution in [0.15, 0.2) is 36.7 Å². The van der Waals surface area contributed by atoms with Crippen LogP contribution in [0.2, 0.25) is 0 Å². The molecule has 2 rings (SSSR count). The van der Waals surface area contributed by atoms with Crippen molar-refractivity contribution in [1.29, 1.82) is 5.26 Å². The van der Waals surface area contributed by atoms with Crippen LogP contribution in [-0.2, 0) is 15.8 Å². The number of hydrogen-bond donors (Lipinski definition) is 2. The minimum atomic E-state index is -3.50. The van der Waals surface area contributed by atoms with Crippen molar-refractivity contribution >= 4 is 16.0 Å². The summed E-state index contributed by atoms with van der Waals surface area (Å²) in [6.45, 7) is 0. The van der Waals surface area contributed by atoms with E-state index in [0.29, 0.717) is 11.1 Å². The number of rotatable bonds is 4. The molecule has 0 fully saturated rings. The maximum atomic E-state index is 11.8. The summed E-state index contributed by atoms with van der Waals surface area (Å²) in [5, 5.41) is 8.64. The van der Waals surface area contributed by atoms with Crippen LogP contribution >= 0.6 is 0 Å². The van der Waals surface area contributed by atoms with E-state index in [2.05, 4.69) is 14.7 Å². The highest BCUT2D eigenvalue weighted by Gasteiger charge is 2.12. The Morgan fingerprint density at radius 2 is 2.06 bits per heavy atom. The Bertz CT molecular complexity index is 654. The van der Waals surface area contributed by atoms with Gasteiger partial charge in [0.2, 0.25) is 16.0 Å². The Labute approximate surface area is 104 Å². The van der Waals surface area contributed by atoms with Crippen molar-refractivity contribution in [3.8, 4) is 6.07 Å². The first-order valence-corrected chi connectivity index (χ1v) is 6.73. The fraction of sp³-hybridized carbons (Fsp3) is 0.0909. The van der Waals surface area contributed by atoms with Crippen molar-refractivity contribution < 1.29 is 8.42 Å². The average molecular weight is 262 g/mol. The van der Waals surface area contributed by atoms with Gasteiger partial charge in [-0.3, -0.25) is 4.72 Å². The zero-order valence-corrected chi connectivity index (χ0v) is 10.1. The summed E-state index contributed by atoms with van der Waals surface area (Å²) in [6, 6.07) is 8.36. The predicted octanol–water partition coefficient (Wildman–Crippen LogP) is 1.22. The summed E-state index contributed by atoms with van der Waals surface area (Å²) >= 11 is 0. The van der Waals surface area contributed by atoms with Crippen molar-refractivity contribution in [3.63, 3.8) is 0 Å². The molecule has 0 aliphatic carbocycles. The van der Waals surface area contributed by atoms with Gasteiger partial charge in [0.25, 0.3) is 0 Å². The van der Waals surface area contributed by atoms with Gasteiger partial charge in [-0.05, 0) is 17.7 Å². The van der Waals surface area contributed by atoms with Crippen molar-refractivity contribution in [2.75, 3.05) is 4.72 Å². The van der Waals surface area contributed by atoms with E-state index >= 15 is 0 Å². The van der Waals surface area contributed by atoms with E-state index in [1.807, 2.05) is 6.07 Å². The summed E-state index contributed by atoms with van der Waals surface area (Å²) in [7, 11) is -3.50. The molecule has 0 atom stereocenters. The molecule has 1 heterocycles. The van der Waals surface area contributed by atoms with Gasteiger partial charge in [0.15, 0.2) is 0 Å². The van der Waals surface area contributed by atoms with Gasteiger partial charge >= 0.3 is 0 Å². The van der Waals surface area contributed by atoms with Gasteiger partial charge in [-0.25, -0.2) is 13.4 Å². The van der Waals surface area contributed by atoms with Gasteiger partial charge in [-0.2, -0.15) is 5.26 Å². The monoisotopic (exact) mass is 262 g/mol. The number of imidazole rings is 1. The fourth-order valence-electron chi connectivity index (χ4n) is 1.40. The van der Waals surface area contributed by atoms with E-state index in [1.54, 1.807) is 24.3 Å². The lowest BCUT2D eigenvalue weighted by molar-refractivity contribution is 0.600. The largest absolute Gasteiger partial charge is 0.330 e. The van der Waals surface area contributed by atoms with Crippen LogP contribution in [0.5, 0.6) is 0 Å². The third-order valence-electron chi connectivity index (χ3n) is 2.19. The normalized spacial score (nSPS) is 10.8. The zero-order valence-electron chi connectivity index (χ0n) is 9.29. The molecular weight excluding hydrogens is 252 g/mol. The highest BCUT2D eigenvalue weighted by molar-refractivity contribution is 7.91. The second-order valence-electron chi connectivity index (χ2n) is 3.61. The number of anilines is 1. The van der Waals surface area contributed by atoms with E-state index in [4.69, 9.17) is 5.26 Å². The van der Waals surface area contributed by atoms with Gasteiger partial charge in [-0.15, -0.1) is 0 Å². The number of nitriles is 1. The quantitative estimate of drug-likeness (QED) is 0.865. The van der Waals surface area contributed by atoms with Crippen molar-refractivity contribution in [1.82, 2.24) is 9.97 Å². The molecule has 0 aliphatic rings. The SMILES string of the molecule is N#Cc1ccc(CS(=O)(=O)Nc2ncc[nH]2)cc1. The summed E-state index contributed by atoms with van der Waals surface area (Å²) in [5.41, 5.74) is 1.10. The van der Waals surface area contributed by atoms with Crippen LogP contribution in [0.25, 0.3) is 0 Å². The standard InChI is InChI=1S/C11H10N4O2S/c12-7-9-1-3-10(4-2-9)8-18(16,17)15-11-13-5-6-14-11/h1-6H,8H2,(H2,13,14,15). The molecule has 0 saturated carbocycles. The van der Waals surface area contributed by atoms with Crippen LogP contribution in [0.3, 0.4) is 0 Å². The zero-order chi connectivity index (χ0) is 13.0. The second kappa shape index (κ2) is 4.89. The molecule has 0 bridgehead atoms. The van der Waals surface area contributed by atoms with Gasteiger partial charge in [-0.1, -0.05) is 12.1 Å². The van der Waals surface area contributed by atoms with E-state index < -0.39 is 10.0 Å². The van der Waals surface area contributed by atoms with Crippen molar-refractivity contribution in [2.24, 2.45) is 0 Å². The number of sulfonamides is 1. The summed E-state index contributed by atoms with van der Waals surface area (Å²) in [5.74, 6) is 0.0167. The lowest BCUT2D eigenvalue weighted by Gasteiger charge is -2.05. The number of aromatic nitrogens is 2. The Morgan fingerprint density at radius 3 is 2.61 bits per heavy atom. The molecular formula is C11H10N4O2S. The number of nitrogens with zero attached hydrogens (tertiary/aromatic N) is 2. The molecule has 0 unspecified atom stereocenters. The molecule has 92 valence electrons. The minimum Gasteiger partial charge on any atom is -0.330 e. The second-order valence-corrected chi connectivity index (χ2v) is 5.33. The molecule has 0 aliphatic heterocycles. The van der Waals surface area contributed by atoms with E-state index in [9.17, 15) is 8.42 Å². The average Bonchev–Trinajstić information content (AvgIpc) is 2.81. The Kier molecular flexibility index (Phi) is 3.30. The Morgan fingerprint density at radius 1 is 1.33 bits per heavy atom. The first-order valence-electron chi connectivity index (χ1n) is 5.08. The van der Waals surface area contributed by atoms with E-state index in [1.165, 1.54) is 12.4 Å². The van der Waals surface area contributed by atoms with Crippen LogP contribution in [0.4, 0.5) is 5.95 Å². The highest BCUT2D eigenvalue weighted by atomic mass is 32.2. The third kappa shape index (κ3) is 3.09. The molecule has 18 heavy (non-hydrogen) atoms. The summed E-state index contributed by atoms with van der Waals surface area (Å²) in [4.78, 5) is 6.43. The summed E-state index contributed by atoms with van der Waals surface area (Å²) in [6.07, 6.45) is 2.99. The van der Waals surface area contributed by atoms with Crippen molar-refractivity contribution in [2.45, 2.75) is 5.75 Å². The van der Waals surface area contributed by atoms with Gasteiger partial charge < -0.3 is 4.98 Å². The maximum Gasteiger partial charge on any atom is 0.239 e. The molecule has 6 nitrogen and oxygen atoms in total. The molecule has 1 aromatic heterocycles. The van der Waals surface area contributed by atoms with E-state index in [0.717, 1.165) is 0 Å². The minimum absolute atomic E-state index is 0.167. The third-order valence-corrected chi connectivity index (χ3v) is 3.41. The number of nitrogens with one attached hydrogen (secondary N) is 2. The van der Waals surface area contributed by atoms with Crippen LogP contribution in [0, 0.1) is 11.3 Å². The first kappa shape index (κ1) is 12.1. The topological polar surface area (TPSA) is 98.6 Å². The van der Waals surface area contributed by atoms with Crippen LogP contribution in [0.1, 0.15) is 11.1 Å². The van der Waals surface area contributed by atoms with E-state index in [-0.39, 0.29) is 11.7 Å². The molecule has 0 radical (unpaired) electrons. The highest BCUT2D eigenvalue weighted by Crippen LogP contribution is 2.10. The number of hydrogen-bond acceptors (Lipinski definition) is 4. The maximum absolute atomic E-state index is 11.8. The van der Waals surface area contributed by atoms with Crippen molar-refractivity contribution in [3.05, 3.63) is 47.8 Å². The molecule has 2 N–H and O–H groups in total. The van der Waals surface area contributed by atoms with Crippen LogP contribution in [-0.4, -0.2) is 18.4 Å². The van der Waals surface area contributed by atoms with Crippen LogP contribution < -0.4 is 4.72 Å². The Balaban J connectivity index is 2.10. The van der Waals surface area contributed by atoms with Gasteiger partial charge in [0.1, 0.15) is 0 Å². The number of H-pyrrole nitrogens is 1. The predicted molar refractivity (Wildman–Crippen MR) is 66.0 cm³/mol. The number of benzene rings is 1. The fourth-order valence-corrected chi connectivity index (χ4v) is 2.51. The van der Waals surface area contributed by atoms with Gasteiger partial charge in [0, 0.05) is 12.4 Å². The molecule has 0 spiro atoms.